The van der Waals surface area contributed by atoms with E-state index in [9.17, 15) is 14.6 Å². The van der Waals surface area contributed by atoms with Crippen LogP contribution in [0.1, 0.15) is 31.2 Å². The molecule has 0 amide bonds. The first-order valence-corrected chi connectivity index (χ1v) is 6.00. The zero-order chi connectivity index (χ0) is 12.3. The Hall–Kier alpha value is -1.13. The maximum Gasteiger partial charge on any atom is 0.123 e. The summed E-state index contributed by atoms with van der Waals surface area (Å²) in [4.78, 5) is 0. The summed E-state index contributed by atoms with van der Waals surface area (Å²) in [6.45, 7) is 0.856. The lowest BCUT2D eigenvalue weighted by molar-refractivity contribution is 0.0474. The Morgan fingerprint density at radius 1 is 1.29 bits per heavy atom. The van der Waals surface area contributed by atoms with Crippen LogP contribution in [0.15, 0.2) is 18.2 Å². The van der Waals surface area contributed by atoms with Gasteiger partial charge in [-0.3, -0.25) is 0 Å². The zero-order valence-corrected chi connectivity index (χ0v) is 9.75. The van der Waals surface area contributed by atoms with E-state index in [1.807, 2.05) is 0 Å². The van der Waals surface area contributed by atoms with Gasteiger partial charge in [0.05, 0.1) is 5.60 Å². The van der Waals surface area contributed by atoms with Crippen molar-refractivity contribution in [2.24, 2.45) is 0 Å². The van der Waals surface area contributed by atoms with Crippen LogP contribution in [-0.2, 0) is 6.54 Å². The summed E-state index contributed by atoms with van der Waals surface area (Å²) < 4.78 is 13.0. The van der Waals surface area contributed by atoms with E-state index in [-0.39, 0.29) is 11.6 Å². The molecule has 0 radical (unpaired) electrons. The van der Waals surface area contributed by atoms with Crippen LogP contribution in [-0.4, -0.2) is 22.4 Å². The minimum absolute atomic E-state index is 0.0808. The molecular formula is C13H18FNO2. The first kappa shape index (κ1) is 12.3. The van der Waals surface area contributed by atoms with E-state index in [0.717, 1.165) is 25.7 Å². The lowest BCUT2D eigenvalue weighted by Gasteiger charge is -2.22. The molecule has 0 aromatic heterocycles. The Balaban J connectivity index is 1.87. The molecule has 1 aromatic carbocycles. The molecule has 1 saturated carbocycles. The molecule has 1 aliphatic rings. The Kier molecular flexibility index (Phi) is 3.64. The highest BCUT2D eigenvalue weighted by Gasteiger charge is 2.30. The van der Waals surface area contributed by atoms with E-state index in [1.54, 1.807) is 0 Å². The number of benzene rings is 1. The first-order valence-electron chi connectivity index (χ1n) is 6.00. The Morgan fingerprint density at radius 2 is 2.00 bits per heavy atom. The molecule has 0 spiro atoms. The van der Waals surface area contributed by atoms with Gasteiger partial charge >= 0.3 is 0 Å². The minimum atomic E-state index is -0.622. The highest BCUT2D eigenvalue weighted by atomic mass is 19.1. The number of phenols is 1. The van der Waals surface area contributed by atoms with Gasteiger partial charge in [0, 0.05) is 18.7 Å². The van der Waals surface area contributed by atoms with Crippen molar-refractivity contribution in [3.05, 3.63) is 29.6 Å². The number of hydrogen-bond donors (Lipinski definition) is 3. The predicted molar refractivity (Wildman–Crippen MR) is 63.2 cm³/mol. The predicted octanol–water partition coefficient (Wildman–Crippen LogP) is 1.93. The van der Waals surface area contributed by atoms with Crippen LogP contribution in [0.3, 0.4) is 0 Å². The summed E-state index contributed by atoms with van der Waals surface area (Å²) in [5, 5.41) is 22.7. The second-order valence-corrected chi connectivity index (χ2v) is 4.81. The highest BCUT2D eigenvalue weighted by Crippen LogP contribution is 2.28. The summed E-state index contributed by atoms with van der Waals surface area (Å²) in [7, 11) is 0. The molecule has 17 heavy (non-hydrogen) atoms. The summed E-state index contributed by atoms with van der Waals surface area (Å²) in [6, 6.07) is 3.88. The fraction of sp³-hybridized carbons (Fsp3) is 0.538. The monoisotopic (exact) mass is 239 g/mol. The fourth-order valence-electron chi connectivity index (χ4n) is 2.34. The highest BCUT2D eigenvalue weighted by molar-refractivity contribution is 5.32. The number of rotatable bonds is 4. The molecule has 1 aliphatic carbocycles. The van der Waals surface area contributed by atoms with Crippen molar-refractivity contribution >= 4 is 0 Å². The quantitative estimate of drug-likeness (QED) is 0.752. The molecule has 1 aromatic rings. The van der Waals surface area contributed by atoms with Crippen molar-refractivity contribution in [1.82, 2.24) is 5.32 Å². The van der Waals surface area contributed by atoms with E-state index in [4.69, 9.17) is 0 Å². The number of aromatic hydroxyl groups is 1. The third-order valence-corrected chi connectivity index (χ3v) is 3.35. The molecule has 3 nitrogen and oxygen atoms in total. The number of halogens is 1. The zero-order valence-electron chi connectivity index (χ0n) is 9.75. The number of aliphatic hydroxyl groups is 1. The van der Waals surface area contributed by atoms with Crippen LogP contribution in [0.4, 0.5) is 4.39 Å². The maximum atomic E-state index is 13.0. The molecule has 3 N–H and O–H groups in total. The molecule has 4 heteroatoms. The van der Waals surface area contributed by atoms with E-state index >= 15 is 0 Å². The fourth-order valence-corrected chi connectivity index (χ4v) is 2.34. The average Bonchev–Trinajstić information content (AvgIpc) is 2.71. The lowest BCUT2D eigenvalue weighted by atomic mass is 10.0. The first-order chi connectivity index (χ1) is 8.09. The molecule has 94 valence electrons. The largest absolute Gasteiger partial charge is 0.508 e. The molecular weight excluding hydrogens is 221 g/mol. The summed E-state index contributed by atoms with van der Waals surface area (Å²) in [5.74, 6) is -0.281. The van der Waals surface area contributed by atoms with Crippen LogP contribution >= 0.6 is 0 Å². The topological polar surface area (TPSA) is 52.5 Å². The molecule has 0 atom stereocenters. The Bertz CT molecular complexity index is 389. The maximum absolute atomic E-state index is 13.0. The molecule has 0 aliphatic heterocycles. The van der Waals surface area contributed by atoms with Crippen molar-refractivity contribution < 1.29 is 14.6 Å². The van der Waals surface area contributed by atoms with Crippen LogP contribution in [0.2, 0.25) is 0 Å². The number of nitrogens with one attached hydrogen (secondary N) is 1. The van der Waals surface area contributed by atoms with Crippen LogP contribution in [0, 0.1) is 5.82 Å². The molecule has 0 saturated heterocycles. The van der Waals surface area contributed by atoms with E-state index in [2.05, 4.69) is 5.32 Å². The second kappa shape index (κ2) is 5.02. The van der Waals surface area contributed by atoms with Crippen LogP contribution in [0.5, 0.6) is 5.75 Å². The standard InChI is InChI=1S/C13H18FNO2/c14-11-3-4-12(16)10(7-11)8-15-9-13(17)5-1-2-6-13/h3-4,7,15-17H,1-2,5-6,8-9H2. The van der Waals surface area contributed by atoms with Gasteiger partial charge in [-0.1, -0.05) is 12.8 Å². The third-order valence-electron chi connectivity index (χ3n) is 3.35. The van der Waals surface area contributed by atoms with Crippen molar-refractivity contribution in [2.75, 3.05) is 6.54 Å². The summed E-state index contributed by atoms with van der Waals surface area (Å²) >= 11 is 0. The van der Waals surface area contributed by atoms with E-state index < -0.39 is 5.60 Å². The average molecular weight is 239 g/mol. The Morgan fingerprint density at radius 3 is 2.71 bits per heavy atom. The third kappa shape index (κ3) is 3.17. The van der Waals surface area contributed by atoms with Gasteiger partial charge in [0.25, 0.3) is 0 Å². The van der Waals surface area contributed by atoms with Gasteiger partial charge in [-0.2, -0.15) is 0 Å². The molecule has 0 bridgehead atoms. The van der Waals surface area contributed by atoms with Crippen LogP contribution < -0.4 is 5.32 Å². The molecule has 0 unspecified atom stereocenters. The van der Waals surface area contributed by atoms with Crippen LogP contribution in [0.25, 0.3) is 0 Å². The van der Waals surface area contributed by atoms with Gasteiger partial charge in [0.15, 0.2) is 0 Å². The van der Waals surface area contributed by atoms with Crippen molar-refractivity contribution in [3.8, 4) is 5.75 Å². The van der Waals surface area contributed by atoms with Gasteiger partial charge in [-0.15, -0.1) is 0 Å². The van der Waals surface area contributed by atoms with Crippen molar-refractivity contribution in [1.29, 1.82) is 0 Å². The SMILES string of the molecule is Oc1ccc(F)cc1CNCC1(O)CCCC1. The minimum Gasteiger partial charge on any atom is -0.508 e. The normalized spacial score (nSPS) is 18.5. The second-order valence-electron chi connectivity index (χ2n) is 4.81. The molecule has 1 fully saturated rings. The van der Waals surface area contributed by atoms with E-state index in [0.29, 0.717) is 18.7 Å². The van der Waals surface area contributed by atoms with Gasteiger partial charge in [0.1, 0.15) is 11.6 Å². The van der Waals surface area contributed by atoms with E-state index in [1.165, 1.54) is 18.2 Å². The van der Waals surface area contributed by atoms with Gasteiger partial charge in [-0.25, -0.2) is 4.39 Å². The summed E-state index contributed by atoms with van der Waals surface area (Å²) in [5.41, 5.74) is -0.102. The van der Waals surface area contributed by atoms with Crippen molar-refractivity contribution in [2.45, 2.75) is 37.8 Å². The summed E-state index contributed by atoms with van der Waals surface area (Å²) in [6.07, 6.45) is 3.75. The lowest BCUT2D eigenvalue weighted by Crippen LogP contribution is -2.37. The molecule has 2 rings (SSSR count). The number of phenolic OH excluding ortho intramolecular Hbond substituents is 1. The van der Waals surface area contributed by atoms with Gasteiger partial charge < -0.3 is 15.5 Å². The van der Waals surface area contributed by atoms with Gasteiger partial charge in [0.2, 0.25) is 0 Å². The van der Waals surface area contributed by atoms with Crippen molar-refractivity contribution in [3.63, 3.8) is 0 Å². The smallest absolute Gasteiger partial charge is 0.123 e. The molecule has 0 heterocycles. The number of hydrogen-bond acceptors (Lipinski definition) is 3. The van der Waals surface area contributed by atoms with Gasteiger partial charge in [-0.05, 0) is 31.0 Å². The Labute approximate surface area is 100 Å².